The fraction of sp³-hybridized carbons (Fsp3) is 0.278. The van der Waals surface area contributed by atoms with E-state index < -0.39 is 10.0 Å². The lowest BCUT2D eigenvalue weighted by Gasteiger charge is -2.10. The number of carbonyl (C=O) groups is 1. The average molecular weight is 370 g/mol. The average Bonchev–Trinajstić information content (AvgIpc) is 3.34. The number of pyridine rings is 2. The predicted molar refractivity (Wildman–Crippen MR) is 99.3 cm³/mol. The molecule has 1 aliphatic rings. The van der Waals surface area contributed by atoms with Crippen molar-refractivity contribution < 1.29 is 13.2 Å². The van der Waals surface area contributed by atoms with Gasteiger partial charge in [0.15, 0.2) is 0 Å². The molecule has 0 spiro atoms. The molecule has 3 aromatic rings. The van der Waals surface area contributed by atoms with Crippen LogP contribution < -0.4 is 5.32 Å². The number of amides is 1. The highest BCUT2D eigenvalue weighted by molar-refractivity contribution is 7.91. The highest BCUT2D eigenvalue weighted by atomic mass is 32.2. The summed E-state index contributed by atoms with van der Waals surface area (Å²) in [6.45, 7) is 3.23. The fourth-order valence-corrected chi connectivity index (χ4v) is 4.86. The molecular weight excluding hydrogens is 352 g/mol. The number of anilines is 1. The molecule has 4 rings (SSSR count). The lowest BCUT2D eigenvalue weighted by atomic mass is 10.0. The Bertz CT molecular complexity index is 1130. The Morgan fingerprint density at radius 3 is 2.73 bits per heavy atom. The summed E-state index contributed by atoms with van der Waals surface area (Å²) < 4.78 is 26.8. The molecule has 0 bridgehead atoms. The van der Waals surface area contributed by atoms with Gasteiger partial charge < -0.3 is 5.32 Å². The molecule has 7 nitrogen and oxygen atoms in total. The van der Waals surface area contributed by atoms with E-state index in [0.717, 1.165) is 16.5 Å². The van der Waals surface area contributed by atoms with Crippen molar-refractivity contribution in [1.82, 2.24) is 13.9 Å². The fourth-order valence-electron chi connectivity index (χ4n) is 3.09. The Labute approximate surface area is 151 Å². The molecular formula is C18H18N4O3S. The molecule has 1 amide bonds. The second-order valence-electron chi connectivity index (χ2n) is 6.49. The first-order chi connectivity index (χ1) is 12.4. The molecule has 0 radical (unpaired) electrons. The van der Waals surface area contributed by atoms with Gasteiger partial charge in [0.05, 0.1) is 16.5 Å². The number of rotatable bonds is 4. The van der Waals surface area contributed by atoms with Gasteiger partial charge in [-0.05, 0) is 43.5 Å². The molecule has 1 saturated carbocycles. The largest absolute Gasteiger partial charge is 0.311 e. The molecule has 26 heavy (non-hydrogen) atoms. The maximum Gasteiger partial charge on any atom is 0.241 e. The zero-order chi connectivity index (χ0) is 18.5. The van der Waals surface area contributed by atoms with Crippen molar-refractivity contribution in [2.24, 2.45) is 0 Å². The Kier molecular flexibility index (Phi) is 3.80. The Hall–Kier alpha value is -2.74. The molecule has 3 aromatic heterocycles. The number of aromatic nitrogens is 3. The van der Waals surface area contributed by atoms with Gasteiger partial charge in [-0.2, -0.15) is 0 Å². The van der Waals surface area contributed by atoms with Crippen LogP contribution in [-0.2, 0) is 14.8 Å². The summed E-state index contributed by atoms with van der Waals surface area (Å²) in [7, 11) is -3.39. The SMILES string of the molecule is CC(=O)Nc1cc(-c2cnc(C)c3c2ccn3S(=O)(=O)C2CC2)ccn1. The zero-order valence-corrected chi connectivity index (χ0v) is 15.2. The van der Waals surface area contributed by atoms with E-state index in [9.17, 15) is 13.2 Å². The van der Waals surface area contributed by atoms with Crippen molar-refractivity contribution in [2.75, 3.05) is 5.32 Å². The van der Waals surface area contributed by atoms with E-state index in [4.69, 9.17) is 0 Å². The van der Waals surface area contributed by atoms with Crippen LogP contribution in [0, 0.1) is 6.92 Å². The first-order valence-corrected chi connectivity index (χ1v) is 9.83. The van der Waals surface area contributed by atoms with Crippen LogP contribution in [0.4, 0.5) is 5.82 Å². The number of hydrogen-bond donors (Lipinski definition) is 1. The van der Waals surface area contributed by atoms with Gasteiger partial charge in [0.2, 0.25) is 15.9 Å². The molecule has 0 atom stereocenters. The number of nitrogens with zero attached hydrogens (tertiary/aromatic N) is 3. The first kappa shape index (κ1) is 16.7. The standard InChI is InChI=1S/C18H18N4O3S/c1-11-18-15(6-8-22(18)26(24,25)14-3-4-14)16(10-20-11)13-5-7-19-17(9-13)21-12(2)23/h5-10,14H,3-4H2,1-2H3,(H,19,21,23). The van der Waals surface area contributed by atoms with Crippen molar-refractivity contribution in [3.8, 4) is 11.1 Å². The molecule has 0 unspecified atom stereocenters. The minimum absolute atomic E-state index is 0.205. The smallest absolute Gasteiger partial charge is 0.241 e. The summed E-state index contributed by atoms with van der Waals surface area (Å²) in [4.78, 5) is 19.8. The first-order valence-electron chi connectivity index (χ1n) is 8.33. The van der Waals surface area contributed by atoms with Crippen LogP contribution in [0.5, 0.6) is 0 Å². The van der Waals surface area contributed by atoms with Crippen molar-refractivity contribution in [3.05, 3.63) is 42.5 Å². The van der Waals surface area contributed by atoms with Crippen LogP contribution in [0.1, 0.15) is 25.5 Å². The van der Waals surface area contributed by atoms with Crippen molar-refractivity contribution in [2.45, 2.75) is 31.9 Å². The van der Waals surface area contributed by atoms with Crippen LogP contribution in [0.3, 0.4) is 0 Å². The number of carbonyl (C=O) groups excluding carboxylic acids is 1. The van der Waals surface area contributed by atoms with Crippen LogP contribution in [0.2, 0.25) is 0 Å². The summed E-state index contributed by atoms with van der Waals surface area (Å²) in [6, 6.07) is 5.36. The minimum Gasteiger partial charge on any atom is -0.311 e. The number of aryl methyl sites for hydroxylation is 1. The molecule has 1 N–H and O–H groups in total. The molecule has 8 heteroatoms. The Morgan fingerprint density at radius 2 is 2.04 bits per heavy atom. The maximum atomic E-state index is 12.7. The lowest BCUT2D eigenvalue weighted by molar-refractivity contribution is -0.114. The van der Waals surface area contributed by atoms with Crippen LogP contribution in [-0.4, -0.2) is 33.5 Å². The van der Waals surface area contributed by atoms with Gasteiger partial charge in [0.25, 0.3) is 0 Å². The summed E-state index contributed by atoms with van der Waals surface area (Å²) in [5, 5.41) is 3.16. The molecule has 0 aliphatic heterocycles. The predicted octanol–water partition coefficient (Wildman–Crippen LogP) is 2.71. The number of fused-ring (bicyclic) bond motifs is 1. The van der Waals surface area contributed by atoms with Crippen molar-refractivity contribution >= 4 is 32.7 Å². The molecule has 0 aromatic carbocycles. The highest BCUT2D eigenvalue weighted by Crippen LogP contribution is 2.36. The van der Waals surface area contributed by atoms with E-state index in [1.165, 1.54) is 10.9 Å². The van der Waals surface area contributed by atoms with Gasteiger partial charge in [-0.1, -0.05) is 0 Å². The van der Waals surface area contributed by atoms with E-state index in [0.29, 0.717) is 29.9 Å². The third-order valence-corrected chi connectivity index (χ3v) is 6.63. The van der Waals surface area contributed by atoms with E-state index in [2.05, 4.69) is 15.3 Å². The second kappa shape index (κ2) is 5.91. The maximum absolute atomic E-state index is 12.7. The van der Waals surface area contributed by atoms with Gasteiger partial charge in [-0.3, -0.25) is 9.78 Å². The van der Waals surface area contributed by atoms with Crippen LogP contribution in [0.25, 0.3) is 22.0 Å². The number of hydrogen-bond acceptors (Lipinski definition) is 5. The molecule has 1 fully saturated rings. The zero-order valence-electron chi connectivity index (χ0n) is 14.4. The van der Waals surface area contributed by atoms with Gasteiger partial charge in [0, 0.05) is 36.5 Å². The third-order valence-electron chi connectivity index (χ3n) is 4.47. The second-order valence-corrected chi connectivity index (χ2v) is 8.58. The molecule has 1 aliphatic carbocycles. The molecule has 134 valence electrons. The van der Waals surface area contributed by atoms with Gasteiger partial charge in [0.1, 0.15) is 5.82 Å². The van der Waals surface area contributed by atoms with Gasteiger partial charge in [-0.15, -0.1) is 0 Å². The van der Waals surface area contributed by atoms with E-state index >= 15 is 0 Å². The van der Waals surface area contributed by atoms with E-state index in [-0.39, 0.29) is 11.2 Å². The van der Waals surface area contributed by atoms with Crippen molar-refractivity contribution in [1.29, 1.82) is 0 Å². The summed E-state index contributed by atoms with van der Waals surface area (Å²) in [6.07, 6.45) is 6.34. The van der Waals surface area contributed by atoms with Crippen LogP contribution in [0.15, 0.2) is 36.8 Å². The van der Waals surface area contributed by atoms with E-state index in [1.54, 1.807) is 37.6 Å². The van der Waals surface area contributed by atoms with Crippen LogP contribution >= 0.6 is 0 Å². The van der Waals surface area contributed by atoms with Gasteiger partial charge >= 0.3 is 0 Å². The number of nitrogens with one attached hydrogen (secondary N) is 1. The highest BCUT2D eigenvalue weighted by Gasteiger charge is 2.38. The summed E-state index contributed by atoms with van der Waals surface area (Å²) in [5.41, 5.74) is 2.87. The normalized spacial score (nSPS) is 14.5. The minimum atomic E-state index is -3.39. The molecule has 3 heterocycles. The van der Waals surface area contributed by atoms with Gasteiger partial charge in [-0.25, -0.2) is 17.4 Å². The lowest BCUT2D eigenvalue weighted by Crippen LogP contribution is -2.16. The summed E-state index contributed by atoms with van der Waals surface area (Å²) >= 11 is 0. The Balaban J connectivity index is 1.89. The Morgan fingerprint density at radius 1 is 1.27 bits per heavy atom. The molecule has 0 saturated heterocycles. The topological polar surface area (TPSA) is 94.0 Å². The summed E-state index contributed by atoms with van der Waals surface area (Å²) in [5.74, 6) is 0.234. The quantitative estimate of drug-likeness (QED) is 0.762. The van der Waals surface area contributed by atoms with E-state index in [1.807, 2.05) is 6.07 Å². The van der Waals surface area contributed by atoms with Crippen molar-refractivity contribution in [3.63, 3.8) is 0 Å². The third kappa shape index (κ3) is 2.76. The monoisotopic (exact) mass is 370 g/mol.